The standard InChI is InChI=1S/C15H17FN4O5/c1-7(21)10-11(22)15(24,4-3-5-16)14(25-10)20-6-17-9-12(20)18-8(2)19-13(9)23/h6-7,10-11,14,21-22,24H,5H2,1-2H3,(H,18,19,23)/t7-,10-,11+,14-,15?/m1/s1. The van der Waals surface area contributed by atoms with Crippen LogP contribution >= 0.6 is 0 Å². The fourth-order valence-corrected chi connectivity index (χ4v) is 2.90. The zero-order valence-electron chi connectivity index (χ0n) is 13.5. The van der Waals surface area contributed by atoms with Gasteiger partial charge in [0.15, 0.2) is 23.0 Å². The first-order chi connectivity index (χ1) is 11.8. The predicted molar refractivity (Wildman–Crippen MR) is 83.2 cm³/mol. The van der Waals surface area contributed by atoms with Crippen molar-refractivity contribution in [1.29, 1.82) is 0 Å². The quantitative estimate of drug-likeness (QED) is 0.497. The summed E-state index contributed by atoms with van der Waals surface area (Å²) in [6.45, 7) is 1.90. The van der Waals surface area contributed by atoms with E-state index in [0.717, 1.165) is 0 Å². The lowest BCUT2D eigenvalue weighted by Crippen LogP contribution is -2.47. The number of imidazole rings is 1. The van der Waals surface area contributed by atoms with Crippen LogP contribution in [0.3, 0.4) is 0 Å². The highest BCUT2D eigenvalue weighted by Gasteiger charge is 2.57. The molecule has 4 N–H and O–H groups in total. The number of H-pyrrole nitrogens is 1. The summed E-state index contributed by atoms with van der Waals surface area (Å²) >= 11 is 0. The molecule has 0 aliphatic carbocycles. The van der Waals surface area contributed by atoms with Crippen LogP contribution in [-0.2, 0) is 4.74 Å². The SMILES string of the molecule is Cc1nc2c(ncn2[C@@H]2O[C@H]([C@@H](C)O)[C@H](O)C2(O)C#CCF)c(=O)[nH]1. The molecule has 5 atom stereocenters. The van der Waals surface area contributed by atoms with Crippen molar-refractivity contribution in [3.63, 3.8) is 0 Å². The van der Waals surface area contributed by atoms with Gasteiger partial charge in [-0.15, -0.1) is 0 Å². The normalized spacial score (nSPS) is 30.2. The Morgan fingerprint density at radius 3 is 2.96 bits per heavy atom. The number of ether oxygens (including phenoxy) is 1. The van der Waals surface area contributed by atoms with Crippen molar-refractivity contribution >= 4 is 11.2 Å². The molecule has 3 heterocycles. The van der Waals surface area contributed by atoms with E-state index >= 15 is 0 Å². The summed E-state index contributed by atoms with van der Waals surface area (Å²) in [5.41, 5.74) is -2.60. The highest BCUT2D eigenvalue weighted by molar-refractivity contribution is 5.69. The Labute approximate surface area is 141 Å². The lowest BCUT2D eigenvalue weighted by molar-refractivity contribution is -0.0847. The Bertz CT molecular complexity index is 914. The minimum atomic E-state index is -2.22. The van der Waals surface area contributed by atoms with E-state index in [-0.39, 0.29) is 11.2 Å². The molecule has 0 bridgehead atoms. The average molecular weight is 352 g/mol. The third-order valence-corrected chi connectivity index (χ3v) is 4.06. The number of hydrogen-bond acceptors (Lipinski definition) is 7. The average Bonchev–Trinajstić information content (AvgIpc) is 3.06. The Morgan fingerprint density at radius 1 is 1.60 bits per heavy atom. The van der Waals surface area contributed by atoms with Gasteiger partial charge < -0.3 is 25.0 Å². The fourth-order valence-electron chi connectivity index (χ4n) is 2.90. The summed E-state index contributed by atoms with van der Waals surface area (Å²) in [4.78, 5) is 22.6. The topological polar surface area (TPSA) is 133 Å². The first-order valence-electron chi connectivity index (χ1n) is 7.53. The first kappa shape index (κ1) is 17.5. The molecule has 3 rings (SSSR count). The van der Waals surface area contributed by atoms with Crippen LogP contribution in [0.4, 0.5) is 4.39 Å². The van der Waals surface area contributed by atoms with Crippen LogP contribution in [0.15, 0.2) is 11.1 Å². The van der Waals surface area contributed by atoms with Gasteiger partial charge in [0, 0.05) is 0 Å². The Morgan fingerprint density at radius 2 is 2.32 bits per heavy atom. The van der Waals surface area contributed by atoms with Crippen molar-refractivity contribution in [2.24, 2.45) is 0 Å². The molecule has 9 nitrogen and oxygen atoms in total. The number of aromatic amines is 1. The van der Waals surface area contributed by atoms with Crippen LogP contribution in [0.2, 0.25) is 0 Å². The van der Waals surface area contributed by atoms with E-state index in [1.807, 2.05) is 0 Å². The molecule has 1 fully saturated rings. The highest BCUT2D eigenvalue weighted by atomic mass is 19.1. The molecular formula is C15H17FN4O5. The maximum absolute atomic E-state index is 12.5. The number of aromatic nitrogens is 4. The Balaban J connectivity index is 2.18. The maximum atomic E-state index is 12.5. The van der Waals surface area contributed by atoms with Crippen LogP contribution in [0.1, 0.15) is 19.0 Å². The first-order valence-corrected chi connectivity index (χ1v) is 7.53. The number of fused-ring (bicyclic) bond motifs is 1. The van der Waals surface area contributed by atoms with E-state index in [0.29, 0.717) is 5.82 Å². The van der Waals surface area contributed by atoms with Crippen LogP contribution in [-0.4, -0.2) is 65.4 Å². The van der Waals surface area contributed by atoms with Crippen LogP contribution in [0.25, 0.3) is 11.2 Å². The molecule has 0 saturated carbocycles. The second-order valence-electron chi connectivity index (χ2n) is 5.87. The van der Waals surface area contributed by atoms with E-state index in [4.69, 9.17) is 4.74 Å². The van der Waals surface area contributed by atoms with Gasteiger partial charge in [-0.25, -0.2) is 14.4 Å². The number of aliphatic hydroxyl groups excluding tert-OH is 2. The molecule has 1 aliphatic heterocycles. The lowest BCUT2D eigenvalue weighted by Gasteiger charge is -2.26. The number of nitrogens with one attached hydrogen (secondary N) is 1. The van der Waals surface area contributed by atoms with Crippen molar-refractivity contribution in [3.05, 3.63) is 22.5 Å². The smallest absolute Gasteiger partial charge is 0.279 e. The van der Waals surface area contributed by atoms with Crippen molar-refractivity contribution in [1.82, 2.24) is 19.5 Å². The van der Waals surface area contributed by atoms with Gasteiger partial charge in [-0.05, 0) is 13.8 Å². The van der Waals surface area contributed by atoms with Gasteiger partial charge in [0.25, 0.3) is 5.56 Å². The number of aliphatic hydroxyl groups is 3. The minimum Gasteiger partial charge on any atom is -0.391 e. The van der Waals surface area contributed by atoms with Gasteiger partial charge in [-0.3, -0.25) is 9.36 Å². The van der Waals surface area contributed by atoms with E-state index < -0.39 is 42.4 Å². The summed E-state index contributed by atoms with van der Waals surface area (Å²) in [6, 6.07) is 0. The van der Waals surface area contributed by atoms with Crippen LogP contribution < -0.4 is 5.56 Å². The molecule has 1 unspecified atom stereocenters. The molecule has 10 heteroatoms. The van der Waals surface area contributed by atoms with E-state index in [2.05, 4.69) is 26.8 Å². The van der Waals surface area contributed by atoms with Gasteiger partial charge in [0.2, 0.25) is 0 Å². The van der Waals surface area contributed by atoms with Gasteiger partial charge in [-0.2, -0.15) is 0 Å². The number of aryl methyl sites for hydroxylation is 1. The summed E-state index contributed by atoms with van der Waals surface area (Å²) in [7, 11) is 0. The fraction of sp³-hybridized carbons (Fsp3) is 0.533. The molecule has 25 heavy (non-hydrogen) atoms. The predicted octanol–water partition coefficient (Wildman–Crippen LogP) is -1.23. The molecule has 0 amide bonds. The second kappa shape index (κ2) is 6.20. The van der Waals surface area contributed by atoms with Crippen LogP contribution in [0, 0.1) is 18.8 Å². The van der Waals surface area contributed by atoms with Gasteiger partial charge >= 0.3 is 0 Å². The Hall–Kier alpha value is -2.32. The third kappa shape index (κ3) is 2.71. The largest absolute Gasteiger partial charge is 0.391 e. The summed E-state index contributed by atoms with van der Waals surface area (Å²) < 4.78 is 19.3. The van der Waals surface area contributed by atoms with Gasteiger partial charge in [-0.1, -0.05) is 11.8 Å². The molecule has 0 radical (unpaired) electrons. The number of halogens is 1. The van der Waals surface area contributed by atoms with Gasteiger partial charge in [0.05, 0.1) is 12.4 Å². The summed E-state index contributed by atoms with van der Waals surface area (Å²) in [6.07, 6.45) is -4.07. The summed E-state index contributed by atoms with van der Waals surface area (Å²) in [5.74, 6) is 4.64. The molecule has 1 aliphatic rings. The maximum Gasteiger partial charge on any atom is 0.279 e. The second-order valence-corrected chi connectivity index (χ2v) is 5.87. The molecule has 0 aromatic carbocycles. The summed E-state index contributed by atoms with van der Waals surface area (Å²) in [5, 5.41) is 31.0. The number of alkyl halides is 1. The molecule has 134 valence electrons. The Kier molecular flexibility index (Phi) is 4.34. The monoisotopic (exact) mass is 352 g/mol. The highest BCUT2D eigenvalue weighted by Crippen LogP contribution is 2.40. The van der Waals surface area contributed by atoms with E-state index in [9.17, 15) is 24.5 Å². The third-order valence-electron chi connectivity index (χ3n) is 4.06. The molecule has 2 aromatic rings. The zero-order valence-corrected chi connectivity index (χ0v) is 13.5. The molecule has 1 saturated heterocycles. The van der Waals surface area contributed by atoms with Crippen molar-refractivity contribution in [2.45, 2.75) is 44.0 Å². The van der Waals surface area contributed by atoms with Crippen molar-refractivity contribution in [3.8, 4) is 11.8 Å². The van der Waals surface area contributed by atoms with Crippen molar-refractivity contribution in [2.75, 3.05) is 6.67 Å². The molecule has 0 spiro atoms. The van der Waals surface area contributed by atoms with E-state index in [1.165, 1.54) is 17.8 Å². The lowest BCUT2D eigenvalue weighted by atomic mass is 9.92. The number of rotatable bonds is 2. The number of hydrogen-bond donors (Lipinski definition) is 4. The zero-order chi connectivity index (χ0) is 18.4. The number of nitrogens with zero attached hydrogens (tertiary/aromatic N) is 3. The van der Waals surface area contributed by atoms with E-state index in [1.54, 1.807) is 6.92 Å². The minimum absolute atomic E-state index is 0.00462. The van der Waals surface area contributed by atoms with Gasteiger partial charge in [0.1, 0.15) is 24.7 Å². The van der Waals surface area contributed by atoms with Crippen LogP contribution in [0.5, 0.6) is 0 Å². The molecule has 2 aromatic heterocycles. The van der Waals surface area contributed by atoms with Crippen molar-refractivity contribution < 1.29 is 24.4 Å². The molecular weight excluding hydrogens is 335 g/mol.